The Morgan fingerprint density at radius 3 is 2.41 bits per heavy atom. The number of H-pyrrole nitrogens is 1. The van der Waals surface area contributed by atoms with E-state index in [2.05, 4.69) is 21.5 Å². The number of nitrogens with one attached hydrogen (secondary N) is 1. The van der Waals surface area contributed by atoms with Crippen LogP contribution >= 0.6 is 0 Å². The van der Waals surface area contributed by atoms with E-state index in [4.69, 9.17) is 15.2 Å². The lowest BCUT2D eigenvalue weighted by molar-refractivity contribution is -0.158. The number of imidazole rings is 1. The molecule has 1 saturated carbocycles. The van der Waals surface area contributed by atoms with Crippen LogP contribution in [-0.2, 0) is 19.1 Å². The molecule has 34 heavy (non-hydrogen) atoms. The van der Waals surface area contributed by atoms with E-state index in [0.717, 1.165) is 5.57 Å². The number of anilines is 1. The number of fused-ring (bicyclic) bond motifs is 1. The standard InChI is InChI=1S/C24H35N5O5/c1-6-14(7-2)22(31)33-11-16-13(5)17(10-18(16)34-23(32)15(8-3)9-4)29-12-26-19-20(29)27-24(25)28-21(19)30/h12,14-18H,5-11H2,1-4H3,(H3,25,27,28,30). The summed E-state index contributed by atoms with van der Waals surface area (Å²) in [5.74, 6) is -1.32. The summed E-state index contributed by atoms with van der Waals surface area (Å²) in [6, 6.07) is -0.352. The predicted octanol–water partition coefficient (Wildman–Crippen LogP) is 3.15. The number of aromatic amines is 1. The first-order valence-electron chi connectivity index (χ1n) is 12.0. The second-order valence-electron chi connectivity index (χ2n) is 8.84. The SMILES string of the molecule is C=C1C(COC(=O)C(CC)CC)C(OC(=O)C(CC)CC)CC1n1cnc2c(=O)[nH]c(N)nc21. The minimum Gasteiger partial charge on any atom is -0.465 e. The Hall–Kier alpha value is -3.17. The zero-order valence-electron chi connectivity index (χ0n) is 20.4. The van der Waals surface area contributed by atoms with Gasteiger partial charge in [-0.15, -0.1) is 0 Å². The average molecular weight is 474 g/mol. The molecule has 2 heterocycles. The molecule has 1 aliphatic carbocycles. The number of aromatic nitrogens is 4. The molecule has 0 saturated heterocycles. The molecular formula is C24H35N5O5. The molecule has 0 aliphatic heterocycles. The second-order valence-corrected chi connectivity index (χ2v) is 8.84. The van der Waals surface area contributed by atoms with Crippen LogP contribution in [0.1, 0.15) is 65.8 Å². The van der Waals surface area contributed by atoms with Crippen LogP contribution in [0, 0.1) is 17.8 Å². The van der Waals surface area contributed by atoms with Gasteiger partial charge in [-0.1, -0.05) is 34.3 Å². The molecule has 3 N–H and O–H groups in total. The fourth-order valence-corrected chi connectivity index (χ4v) is 4.61. The van der Waals surface area contributed by atoms with E-state index in [0.29, 0.717) is 37.8 Å². The molecule has 3 rings (SSSR count). The first-order chi connectivity index (χ1) is 16.2. The molecule has 0 bridgehead atoms. The third kappa shape index (κ3) is 5.00. The number of nitrogens with zero attached hydrogens (tertiary/aromatic N) is 3. The number of nitrogens with two attached hydrogens (primary N) is 1. The molecule has 1 fully saturated rings. The lowest BCUT2D eigenvalue weighted by Gasteiger charge is -2.23. The molecule has 0 spiro atoms. The summed E-state index contributed by atoms with van der Waals surface area (Å²) in [6.45, 7) is 12.1. The molecule has 0 radical (unpaired) electrons. The Kier molecular flexibility index (Phi) is 8.11. The van der Waals surface area contributed by atoms with E-state index in [1.165, 1.54) is 6.33 Å². The van der Waals surface area contributed by atoms with Crippen molar-refractivity contribution >= 4 is 29.1 Å². The minimum absolute atomic E-state index is 0.0183. The van der Waals surface area contributed by atoms with Gasteiger partial charge >= 0.3 is 11.9 Å². The normalized spacial score (nSPS) is 20.4. The van der Waals surface area contributed by atoms with E-state index >= 15 is 0 Å². The lowest BCUT2D eigenvalue weighted by Crippen LogP contribution is -2.30. The highest BCUT2D eigenvalue weighted by Gasteiger charge is 2.43. The second kappa shape index (κ2) is 10.8. The van der Waals surface area contributed by atoms with Crippen molar-refractivity contribution in [3.63, 3.8) is 0 Å². The van der Waals surface area contributed by atoms with Gasteiger partial charge in [0, 0.05) is 6.42 Å². The Bertz CT molecular complexity index is 1100. The van der Waals surface area contributed by atoms with E-state index in [1.807, 2.05) is 27.7 Å². The maximum atomic E-state index is 12.8. The van der Waals surface area contributed by atoms with E-state index in [1.54, 1.807) is 4.57 Å². The summed E-state index contributed by atoms with van der Waals surface area (Å²) >= 11 is 0. The third-order valence-electron chi connectivity index (χ3n) is 6.91. The zero-order chi connectivity index (χ0) is 25.0. The number of esters is 2. The minimum atomic E-state index is -0.531. The summed E-state index contributed by atoms with van der Waals surface area (Å²) in [5, 5.41) is 0. The fourth-order valence-electron chi connectivity index (χ4n) is 4.61. The number of hydrogen-bond acceptors (Lipinski definition) is 8. The van der Waals surface area contributed by atoms with E-state index in [-0.39, 0.29) is 47.9 Å². The summed E-state index contributed by atoms with van der Waals surface area (Å²) in [5.41, 5.74) is 6.53. The first-order valence-corrected chi connectivity index (χ1v) is 12.0. The van der Waals surface area contributed by atoms with Crippen LogP contribution in [0.15, 0.2) is 23.3 Å². The van der Waals surface area contributed by atoms with Gasteiger partial charge in [0.05, 0.1) is 30.1 Å². The monoisotopic (exact) mass is 473 g/mol. The van der Waals surface area contributed by atoms with Crippen molar-refractivity contribution in [1.82, 2.24) is 19.5 Å². The van der Waals surface area contributed by atoms with E-state index in [9.17, 15) is 14.4 Å². The smallest absolute Gasteiger partial charge is 0.309 e. The van der Waals surface area contributed by atoms with E-state index < -0.39 is 17.6 Å². The van der Waals surface area contributed by atoms with Crippen LogP contribution in [0.2, 0.25) is 0 Å². The van der Waals surface area contributed by atoms with Crippen molar-refractivity contribution in [3.05, 3.63) is 28.8 Å². The maximum Gasteiger partial charge on any atom is 0.309 e. The van der Waals surface area contributed by atoms with Gasteiger partial charge in [0.2, 0.25) is 5.95 Å². The number of carbonyl (C=O) groups is 2. The fraction of sp³-hybridized carbons (Fsp3) is 0.625. The average Bonchev–Trinajstić information content (AvgIpc) is 3.34. The number of nitrogen functional groups attached to an aromatic ring is 1. The zero-order valence-corrected chi connectivity index (χ0v) is 20.4. The van der Waals surface area contributed by atoms with Gasteiger partial charge in [-0.25, -0.2) is 4.98 Å². The summed E-state index contributed by atoms with van der Waals surface area (Å²) in [7, 11) is 0. The summed E-state index contributed by atoms with van der Waals surface area (Å²) in [6.07, 6.45) is 4.13. The molecule has 2 aromatic heterocycles. The highest BCUT2D eigenvalue weighted by Crippen LogP contribution is 2.42. The van der Waals surface area contributed by atoms with Gasteiger partial charge in [0.25, 0.3) is 5.56 Å². The molecule has 2 aromatic rings. The Morgan fingerprint density at radius 2 is 1.79 bits per heavy atom. The van der Waals surface area contributed by atoms with Crippen LogP contribution < -0.4 is 11.3 Å². The predicted molar refractivity (Wildman–Crippen MR) is 128 cm³/mol. The number of hydrogen-bond donors (Lipinski definition) is 2. The summed E-state index contributed by atoms with van der Waals surface area (Å²) in [4.78, 5) is 48.4. The molecule has 10 nitrogen and oxygen atoms in total. The molecule has 1 aliphatic rings. The third-order valence-corrected chi connectivity index (χ3v) is 6.91. The van der Waals surface area contributed by atoms with Gasteiger partial charge < -0.3 is 19.8 Å². The Morgan fingerprint density at radius 1 is 1.18 bits per heavy atom. The Balaban J connectivity index is 1.90. The van der Waals surface area contributed by atoms with Gasteiger partial charge in [-0.2, -0.15) is 4.98 Å². The highest BCUT2D eigenvalue weighted by molar-refractivity contribution is 5.73. The van der Waals surface area contributed by atoms with Crippen molar-refractivity contribution in [3.8, 4) is 0 Å². The van der Waals surface area contributed by atoms with Crippen LogP contribution in [-0.4, -0.2) is 44.2 Å². The molecule has 3 unspecified atom stereocenters. The van der Waals surface area contributed by atoms with Gasteiger partial charge in [0.1, 0.15) is 12.7 Å². The molecule has 10 heteroatoms. The van der Waals surface area contributed by atoms with Gasteiger partial charge in [-0.05, 0) is 31.3 Å². The van der Waals surface area contributed by atoms with Crippen molar-refractivity contribution < 1.29 is 19.1 Å². The van der Waals surface area contributed by atoms with Crippen LogP contribution in [0.5, 0.6) is 0 Å². The van der Waals surface area contributed by atoms with Crippen molar-refractivity contribution in [1.29, 1.82) is 0 Å². The number of carbonyl (C=O) groups excluding carboxylic acids is 2. The molecule has 3 atom stereocenters. The van der Waals surface area contributed by atoms with Crippen molar-refractivity contribution in [2.24, 2.45) is 17.8 Å². The van der Waals surface area contributed by atoms with Gasteiger partial charge in [0.15, 0.2) is 11.2 Å². The van der Waals surface area contributed by atoms with Crippen molar-refractivity contribution in [2.75, 3.05) is 12.3 Å². The quantitative estimate of drug-likeness (QED) is 0.396. The van der Waals surface area contributed by atoms with Crippen LogP contribution in [0.25, 0.3) is 11.2 Å². The van der Waals surface area contributed by atoms with Gasteiger partial charge in [-0.3, -0.25) is 19.4 Å². The largest absolute Gasteiger partial charge is 0.465 e. The molecular weight excluding hydrogens is 438 g/mol. The Labute approximate surface area is 198 Å². The molecule has 0 amide bonds. The molecule has 0 aromatic carbocycles. The van der Waals surface area contributed by atoms with Crippen LogP contribution in [0.4, 0.5) is 5.95 Å². The number of rotatable bonds is 10. The molecule has 186 valence electrons. The summed E-state index contributed by atoms with van der Waals surface area (Å²) < 4.78 is 13.3. The maximum absolute atomic E-state index is 12.8. The highest BCUT2D eigenvalue weighted by atomic mass is 16.6. The van der Waals surface area contributed by atoms with Crippen molar-refractivity contribution in [2.45, 2.75) is 71.9 Å². The van der Waals surface area contributed by atoms with Crippen LogP contribution in [0.3, 0.4) is 0 Å². The lowest BCUT2D eigenvalue weighted by atomic mass is 10.0. The first kappa shape index (κ1) is 25.5. The number of ether oxygens (including phenoxy) is 2. The topological polar surface area (TPSA) is 142 Å².